The van der Waals surface area contributed by atoms with Gasteiger partial charge in [-0.3, -0.25) is 4.79 Å². The highest BCUT2D eigenvalue weighted by molar-refractivity contribution is 14.1. The number of hydrogen-bond donors (Lipinski definition) is 1. The number of amides is 1. The minimum Gasteiger partial charge on any atom is -0.489 e. The molecule has 0 saturated carbocycles. The third-order valence-corrected chi connectivity index (χ3v) is 5.74. The number of carboxylic acid groups (broad SMARTS) is 1. The van der Waals surface area contributed by atoms with Crippen LogP contribution in [0.5, 0.6) is 5.75 Å². The van der Waals surface area contributed by atoms with Crippen molar-refractivity contribution < 1.29 is 24.2 Å². The van der Waals surface area contributed by atoms with Gasteiger partial charge >= 0.3 is 5.97 Å². The summed E-state index contributed by atoms with van der Waals surface area (Å²) in [5.41, 5.74) is 0.835. The Bertz CT molecular complexity index is 624. The fourth-order valence-electron chi connectivity index (χ4n) is 1.92. The molecule has 0 bridgehead atoms. The van der Waals surface area contributed by atoms with E-state index in [1.54, 1.807) is 4.90 Å². The SMILES string of the molecule is CCN(C(C)=O)c1c(I)cc(I)c(OCCOC(C)C(=O)O)c1I. The van der Waals surface area contributed by atoms with E-state index < -0.39 is 12.1 Å². The fraction of sp³-hybridized carbons (Fsp3) is 0.467. The molecule has 0 aliphatic heterocycles. The van der Waals surface area contributed by atoms with Crippen molar-refractivity contribution >= 4 is 85.3 Å². The highest BCUT2D eigenvalue weighted by Crippen LogP contribution is 2.39. The minimum absolute atomic E-state index is 0.0286. The predicted molar refractivity (Wildman–Crippen MR) is 117 cm³/mol. The molecule has 1 aromatic carbocycles. The van der Waals surface area contributed by atoms with Crippen LogP contribution in [0.15, 0.2) is 6.07 Å². The van der Waals surface area contributed by atoms with Gasteiger partial charge in [0, 0.05) is 17.0 Å². The second-order valence-electron chi connectivity index (χ2n) is 4.79. The molecular formula is C15H18I3NO5. The number of ether oxygens (including phenoxy) is 2. The molecule has 1 rings (SSSR count). The Kier molecular flexibility index (Phi) is 9.51. The van der Waals surface area contributed by atoms with E-state index in [4.69, 9.17) is 14.6 Å². The zero-order valence-electron chi connectivity index (χ0n) is 13.4. The van der Waals surface area contributed by atoms with Crippen LogP contribution in [0.2, 0.25) is 0 Å². The maximum Gasteiger partial charge on any atom is 0.332 e. The Morgan fingerprint density at radius 1 is 1.25 bits per heavy atom. The molecule has 0 spiro atoms. The minimum atomic E-state index is -1.00. The molecule has 134 valence electrons. The van der Waals surface area contributed by atoms with Crippen molar-refractivity contribution in [2.24, 2.45) is 0 Å². The molecule has 1 N–H and O–H groups in total. The van der Waals surface area contributed by atoms with Crippen molar-refractivity contribution in [3.63, 3.8) is 0 Å². The summed E-state index contributed by atoms with van der Waals surface area (Å²) in [5, 5.41) is 8.79. The lowest BCUT2D eigenvalue weighted by Crippen LogP contribution is -2.30. The molecule has 6 nitrogen and oxygen atoms in total. The molecular weight excluding hydrogens is 655 g/mol. The van der Waals surface area contributed by atoms with Crippen LogP contribution < -0.4 is 9.64 Å². The van der Waals surface area contributed by atoms with Gasteiger partial charge < -0.3 is 19.5 Å². The first kappa shape index (κ1) is 22.2. The first-order valence-corrected chi connectivity index (χ1v) is 10.4. The second kappa shape index (κ2) is 10.3. The highest BCUT2D eigenvalue weighted by atomic mass is 127. The number of anilines is 1. The molecule has 1 aromatic rings. The standard InChI is InChI=1S/C15H18I3NO5/c1-4-19(9(3)20)13-10(16)7-11(17)14(12(13)18)24-6-5-23-8(2)15(21)22/h7-8H,4-6H2,1-3H3,(H,21,22). The zero-order chi connectivity index (χ0) is 18.4. The van der Waals surface area contributed by atoms with E-state index in [9.17, 15) is 9.59 Å². The van der Waals surface area contributed by atoms with Crippen LogP contribution in [-0.2, 0) is 14.3 Å². The lowest BCUT2D eigenvalue weighted by atomic mass is 10.2. The first-order valence-electron chi connectivity index (χ1n) is 7.13. The van der Waals surface area contributed by atoms with E-state index in [-0.39, 0.29) is 19.1 Å². The number of nitrogens with zero attached hydrogens (tertiary/aromatic N) is 1. The van der Waals surface area contributed by atoms with E-state index in [1.165, 1.54) is 13.8 Å². The van der Waals surface area contributed by atoms with Crippen LogP contribution in [0.3, 0.4) is 0 Å². The quantitative estimate of drug-likeness (QED) is 0.337. The summed E-state index contributed by atoms with van der Waals surface area (Å²) in [4.78, 5) is 24.3. The highest BCUT2D eigenvalue weighted by Gasteiger charge is 2.22. The summed E-state index contributed by atoms with van der Waals surface area (Å²) < 4.78 is 13.7. The molecule has 1 atom stereocenters. The van der Waals surface area contributed by atoms with Gasteiger partial charge in [-0.2, -0.15) is 0 Å². The Morgan fingerprint density at radius 2 is 1.88 bits per heavy atom. The van der Waals surface area contributed by atoms with Gasteiger partial charge in [0.05, 0.1) is 19.4 Å². The summed E-state index contributed by atoms with van der Waals surface area (Å²) in [7, 11) is 0. The monoisotopic (exact) mass is 673 g/mol. The number of hydrogen-bond acceptors (Lipinski definition) is 4. The van der Waals surface area contributed by atoms with E-state index in [1.807, 2.05) is 13.0 Å². The van der Waals surface area contributed by atoms with Crippen molar-refractivity contribution in [2.45, 2.75) is 26.9 Å². The van der Waals surface area contributed by atoms with Gasteiger partial charge in [0.2, 0.25) is 5.91 Å². The van der Waals surface area contributed by atoms with Crippen molar-refractivity contribution in [2.75, 3.05) is 24.7 Å². The normalized spacial score (nSPS) is 11.9. The number of halogens is 3. The van der Waals surface area contributed by atoms with Crippen LogP contribution in [0.1, 0.15) is 20.8 Å². The van der Waals surface area contributed by atoms with Crippen LogP contribution in [-0.4, -0.2) is 42.8 Å². The maximum atomic E-state index is 11.9. The van der Waals surface area contributed by atoms with Gasteiger partial charge in [-0.15, -0.1) is 0 Å². The average Bonchev–Trinajstić information content (AvgIpc) is 2.49. The Morgan fingerprint density at radius 3 is 2.38 bits per heavy atom. The molecule has 0 fully saturated rings. The molecule has 0 aliphatic carbocycles. The smallest absolute Gasteiger partial charge is 0.332 e. The number of aliphatic carboxylic acids is 1. The molecule has 0 saturated heterocycles. The molecule has 9 heteroatoms. The number of benzene rings is 1. The second-order valence-corrected chi connectivity index (χ2v) is 8.20. The number of carbonyl (C=O) groups is 2. The molecule has 0 radical (unpaired) electrons. The van der Waals surface area contributed by atoms with E-state index in [2.05, 4.69) is 67.8 Å². The zero-order valence-corrected chi connectivity index (χ0v) is 19.9. The van der Waals surface area contributed by atoms with E-state index in [0.29, 0.717) is 12.3 Å². The summed E-state index contributed by atoms with van der Waals surface area (Å²) in [5.74, 6) is -0.354. The Labute approximate surface area is 182 Å². The van der Waals surface area contributed by atoms with Crippen molar-refractivity contribution in [1.82, 2.24) is 0 Å². The number of carboxylic acids is 1. The maximum absolute atomic E-state index is 11.9. The van der Waals surface area contributed by atoms with Crippen molar-refractivity contribution in [3.05, 3.63) is 16.8 Å². The molecule has 0 heterocycles. The largest absolute Gasteiger partial charge is 0.489 e. The van der Waals surface area contributed by atoms with E-state index in [0.717, 1.165) is 16.4 Å². The molecule has 1 unspecified atom stereocenters. The van der Waals surface area contributed by atoms with Gasteiger partial charge in [0.25, 0.3) is 0 Å². The van der Waals surface area contributed by atoms with Gasteiger partial charge in [0.1, 0.15) is 12.4 Å². The fourth-order valence-corrected chi connectivity index (χ4v) is 6.19. The first-order chi connectivity index (χ1) is 11.2. The van der Waals surface area contributed by atoms with Crippen LogP contribution in [0.25, 0.3) is 0 Å². The summed E-state index contributed by atoms with van der Waals surface area (Å²) in [6, 6.07) is 1.96. The van der Waals surface area contributed by atoms with Crippen LogP contribution in [0.4, 0.5) is 5.69 Å². The van der Waals surface area contributed by atoms with Gasteiger partial charge in [-0.25, -0.2) is 4.79 Å². The molecule has 0 aromatic heterocycles. The predicted octanol–water partition coefficient (Wildman–Crippen LogP) is 3.74. The van der Waals surface area contributed by atoms with Gasteiger partial charge in [0.15, 0.2) is 6.10 Å². The van der Waals surface area contributed by atoms with Gasteiger partial charge in [-0.1, -0.05) is 0 Å². The lowest BCUT2D eigenvalue weighted by molar-refractivity contribution is -0.149. The van der Waals surface area contributed by atoms with Crippen LogP contribution >= 0.6 is 67.8 Å². The number of rotatable bonds is 8. The third kappa shape index (κ3) is 5.83. The molecule has 0 aliphatic rings. The molecule has 1 amide bonds. The summed E-state index contributed by atoms with van der Waals surface area (Å²) >= 11 is 6.57. The van der Waals surface area contributed by atoms with Crippen LogP contribution in [0, 0.1) is 10.7 Å². The van der Waals surface area contributed by atoms with Gasteiger partial charge in [-0.05, 0) is 87.7 Å². The lowest BCUT2D eigenvalue weighted by Gasteiger charge is -2.24. The van der Waals surface area contributed by atoms with E-state index >= 15 is 0 Å². The number of carbonyl (C=O) groups excluding carboxylic acids is 1. The summed E-state index contributed by atoms with van der Waals surface area (Å²) in [6.07, 6.45) is -0.868. The third-order valence-electron chi connectivity index (χ3n) is 3.12. The molecule has 24 heavy (non-hydrogen) atoms. The van der Waals surface area contributed by atoms with Crippen molar-refractivity contribution in [3.8, 4) is 5.75 Å². The Hall–Kier alpha value is 0.110. The Balaban J connectivity index is 2.95. The topological polar surface area (TPSA) is 76.1 Å². The average molecular weight is 673 g/mol. The van der Waals surface area contributed by atoms with Crippen molar-refractivity contribution in [1.29, 1.82) is 0 Å². The summed E-state index contributed by atoms with van der Waals surface area (Å²) in [6.45, 7) is 5.91.